The summed E-state index contributed by atoms with van der Waals surface area (Å²) in [6.07, 6.45) is 2.77. The Labute approximate surface area is 210 Å². The molecule has 0 fully saturated rings. The van der Waals surface area contributed by atoms with E-state index < -0.39 is 5.97 Å². The standard InChI is InChI=1S/C24H25N5O6S/c1-4-11-35-24(32)17(15-25)14-22-29(5-2)23(31)18(36-22)9-10-26-19-7-6-8-20(27-19)28-21(30)16-34-13-12-33-3/h4,6-8,10H,1,5,11-13,16H2,2-3H3,(H2,26,27,28,30). The molecule has 0 spiro atoms. The van der Waals surface area contributed by atoms with Crippen LogP contribution in [0.25, 0.3) is 11.5 Å². The van der Waals surface area contributed by atoms with Gasteiger partial charge in [-0.2, -0.15) is 5.26 Å². The van der Waals surface area contributed by atoms with Crippen molar-refractivity contribution >= 4 is 46.3 Å². The van der Waals surface area contributed by atoms with E-state index in [4.69, 9.17) is 14.2 Å². The lowest BCUT2D eigenvalue weighted by atomic mass is 10.3. The second kappa shape index (κ2) is 14.9. The zero-order valence-corrected chi connectivity index (χ0v) is 20.6. The number of nitrogens with zero attached hydrogens (tertiary/aromatic N) is 3. The number of rotatable bonds is 12. The lowest BCUT2D eigenvalue weighted by Gasteiger charge is -2.06. The van der Waals surface area contributed by atoms with Crippen molar-refractivity contribution in [2.45, 2.75) is 13.5 Å². The smallest absolute Gasteiger partial charge is 0.357 e. The molecule has 0 aliphatic carbocycles. The first-order valence-electron chi connectivity index (χ1n) is 10.7. The number of carbonyl (C=O) groups is 2. The quantitative estimate of drug-likeness (QED) is 0.137. The third-order valence-corrected chi connectivity index (χ3v) is 5.20. The Morgan fingerprint density at radius 3 is 2.78 bits per heavy atom. The molecular weight excluding hydrogens is 486 g/mol. The topological polar surface area (TPSA) is 145 Å². The van der Waals surface area contributed by atoms with Gasteiger partial charge in [0.2, 0.25) is 0 Å². The SMILES string of the molecule is C=CCOC(=O)C(=C=c1sc(=C=CNc2cccc(NC(=O)COCCOC)n2)c(=O)n1CC)C#N. The first-order valence-corrected chi connectivity index (χ1v) is 11.5. The van der Waals surface area contributed by atoms with E-state index in [9.17, 15) is 19.6 Å². The van der Waals surface area contributed by atoms with Gasteiger partial charge in [-0.05, 0) is 19.1 Å². The fourth-order valence-electron chi connectivity index (χ4n) is 2.57. The summed E-state index contributed by atoms with van der Waals surface area (Å²) in [5.74, 6) is -0.509. The number of esters is 1. The molecule has 2 N–H and O–H groups in total. The number of nitrogens with one attached hydrogen (secondary N) is 2. The summed E-state index contributed by atoms with van der Waals surface area (Å²) in [7, 11) is 1.54. The molecule has 36 heavy (non-hydrogen) atoms. The maximum atomic E-state index is 12.7. The summed E-state index contributed by atoms with van der Waals surface area (Å²) in [6.45, 7) is 6.00. The van der Waals surface area contributed by atoms with Gasteiger partial charge in [0.25, 0.3) is 11.5 Å². The number of pyridine rings is 1. The number of anilines is 2. The van der Waals surface area contributed by atoms with Crippen molar-refractivity contribution in [3.63, 3.8) is 0 Å². The van der Waals surface area contributed by atoms with Crippen LogP contribution in [-0.4, -0.2) is 55.0 Å². The number of nitriles is 1. The fraction of sp³-hybridized carbons (Fsp3) is 0.292. The average Bonchev–Trinajstić information content (AvgIpc) is 3.17. The molecule has 188 valence electrons. The number of hydrogen-bond acceptors (Lipinski definition) is 10. The Bertz CT molecular complexity index is 1390. The maximum Gasteiger partial charge on any atom is 0.357 e. The molecule has 0 atom stereocenters. The van der Waals surface area contributed by atoms with E-state index in [-0.39, 0.29) is 39.4 Å². The Morgan fingerprint density at radius 1 is 1.31 bits per heavy atom. The minimum Gasteiger partial charge on any atom is -0.457 e. The third-order valence-electron chi connectivity index (χ3n) is 4.18. The van der Waals surface area contributed by atoms with E-state index in [1.165, 1.54) is 16.8 Å². The molecule has 0 bridgehead atoms. The van der Waals surface area contributed by atoms with Crippen LogP contribution in [0.15, 0.2) is 47.4 Å². The van der Waals surface area contributed by atoms with Crippen molar-refractivity contribution in [1.29, 1.82) is 5.26 Å². The van der Waals surface area contributed by atoms with Gasteiger partial charge in [0.15, 0.2) is 5.57 Å². The molecule has 12 heteroatoms. The molecule has 2 rings (SSSR count). The summed E-state index contributed by atoms with van der Waals surface area (Å²) in [5.41, 5.74) is 4.78. The van der Waals surface area contributed by atoms with Crippen molar-refractivity contribution in [1.82, 2.24) is 9.55 Å². The molecule has 2 aromatic heterocycles. The van der Waals surface area contributed by atoms with Gasteiger partial charge in [0.1, 0.15) is 40.1 Å². The van der Waals surface area contributed by atoms with Gasteiger partial charge in [-0.15, -0.1) is 0 Å². The normalized spacial score (nSPS) is 9.81. The van der Waals surface area contributed by atoms with Gasteiger partial charge in [-0.1, -0.05) is 41.5 Å². The van der Waals surface area contributed by atoms with E-state index in [0.29, 0.717) is 31.4 Å². The zero-order valence-electron chi connectivity index (χ0n) is 19.8. The number of hydrogen-bond donors (Lipinski definition) is 2. The number of aromatic nitrogens is 2. The van der Waals surface area contributed by atoms with Crippen LogP contribution >= 0.6 is 11.3 Å². The van der Waals surface area contributed by atoms with Crippen molar-refractivity contribution in [3.05, 3.63) is 62.2 Å². The van der Waals surface area contributed by atoms with Crippen LogP contribution in [0.5, 0.6) is 0 Å². The van der Waals surface area contributed by atoms with Crippen LogP contribution < -0.4 is 25.4 Å². The van der Waals surface area contributed by atoms with Gasteiger partial charge in [-0.25, -0.2) is 9.78 Å². The van der Waals surface area contributed by atoms with Crippen LogP contribution in [0.3, 0.4) is 0 Å². The van der Waals surface area contributed by atoms with Gasteiger partial charge in [0.05, 0.1) is 13.2 Å². The van der Waals surface area contributed by atoms with E-state index >= 15 is 0 Å². The minimum absolute atomic E-state index is 0.0504. The van der Waals surface area contributed by atoms with Crippen LogP contribution in [0.2, 0.25) is 0 Å². The monoisotopic (exact) mass is 511 g/mol. The molecule has 0 saturated heterocycles. The molecule has 0 saturated carbocycles. The van der Waals surface area contributed by atoms with Crippen molar-refractivity contribution in [2.75, 3.05) is 44.2 Å². The molecule has 0 aliphatic rings. The van der Waals surface area contributed by atoms with Gasteiger partial charge in [-0.3, -0.25) is 14.2 Å². The van der Waals surface area contributed by atoms with Crippen LogP contribution in [0.1, 0.15) is 6.92 Å². The predicted octanol–water partition coefficient (Wildman–Crippen LogP) is 0.490. The first kappa shape index (κ1) is 28.0. The van der Waals surface area contributed by atoms with E-state index in [0.717, 1.165) is 11.3 Å². The second-order valence-corrected chi connectivity index (χ2v) is 7.72. The Kier molecular flexibility index (Phi) is 11.6. The molecule has 0 radical (unpaired) electrons. The third kappa shape index (κ3) is 8.52. The lowest BCUT2D eigenvalue weighted by molar-refractivity contribution is -0.137. The maximum absolute atomic E-state index is 12.7. The average molecular weight is 512 g/mol. The predicted molar refractivity (Wildman–Crippen MR) is 134 cm³/mol. The second-order valence-electron chi connectivity index (χ2n) is 6.72. The molecule has 0 aromatic carbocycles. The van der Waals surface area contributed by atoms with Crippen LogP contribution in [0, 0.1) is 11.3 Å². The lowest BCUT2D eigenvalue weighted by Crippen LogP contribution is -2.30. The van der Waals surface area contributed by atoms with E-state index in [1.807, 2.05) is 0 Å². The van der Waals surface area contributed by atoms with Crippen molar-refractivity contribution in [2.24, 2.45) is 0 Å². The molecule has 0 aliphatic heterocycles. The zero-order chi connectivity index (χ0) is 26.3. The Morgan fingerprint density at radius 2 is 2.08 bits per heavy atom. The van der Waals surface area contributed by atoms with Crippen LogP contribution in [0.4, 0.5) is 11.6 Å². The number of thiazole rings is 1. The minimum atomic E-state index is -0.858. The van der Waals surface area contributed by atoms with Crippen LogP contribution in [-0.2, 0) is 30.3 Å². The molecule has 1 amide bonds. The highest BCUT2D eigenvalue weighted by atomic mass is 32.1. The highest BCUT2D eigenvalue weighted by Gasteiger charge is 2.10. The number of ether oxygens (including phenoxy) is 3. The first-order chi connectivity index (χ1) is 17.4. The van der Waals surface area contributed by atoms with E-state index in [2.05, 4.69) is 33.7 Å². The summed E-state index contributed by atoms with van der Waals surface area (Å²) in [4.78, 5) is 40.9. The molecule has 2 heterocycles. The van der Waals surface area contributed by atoms with Gasteiger partial charge in [0, 0.05) is 19.9 Å². The number of methoxy groups -OCH3 is 1. The number of amides is 1. The summed E-state index contributed by atoms with van der Waals surface area (Å²) < 4.78 is 16.7. The summed E-state index contributed by atoms with van der Waals surface area (Å²) in [5, 5.41) is 14.8. The Hall–Kier alpha value is -4.23. The largest absolute Gasteiger partial charge is 0.457 e. The molecular formula is C24H25N5O6S. The highest BCUT2D eigenvalue weighted by molar-refractivity contribution is 7.07. The van der Waals surface area contributed by atoms with Crippen molar-refractivity contribution < 1.29 is 23.8 Å². The van der Waals surface area contributed by atoms with Gasteiger partial charge >= 0.3 is 5.97 Å². The van der Waals surface area contributed by atoms with E-state index in [1.54, 1.807) is 38.3 Å². The fourth-order valence-corrected chi connectivity index (χ4v) is 3.55. The number of carbonyl (C=O) groups excluding carboxylic acids is 2. The molecule has 0 unspecified atom stereocenters. The summed E-state index contributed by atoms with van der Waals surface area (Å²) >= 11 is 1.01. The highest BCUT2D eigenvalue weighted by Crippen LogP contribution is 2.09. The molecule has 2 aromatic rings. The van der Waals surface area contributed by atoms with Crippen molar-refractivity contribution in [3.8, 4) is 6.07 Å². The summed E-state index contributed by atoms with van der Waals surface area (Å²) in [6, 6.07) is 6.70. The Balaban J connectivity index is 2.27. The van der Waals surface area contributed by atoms with Gasteiger partial charge < -0.3 is 24.8 Å². The molecule has 11 nitrogen and oxygen atoms in total.